The Morgan fingerprint density at radius 1 is 1.07 bits per heavy atom. The molecular weight excluding hydrogens is 392 g/mol. The van der Waals surface area contributed by atoms with E-state index in [1.165, 1.54) is 39.3 Å². The fraction of sp³-hybridized carbons (Fsp3) is 0.278. The number of amides is 1. The Morgan fingerprint density at radius 3 is 2.37 bits per heavy atom. The highest BCUT2D eigenvalue weighted by molar-refractivity contribution is 7.89. The first-order valence-corrected chi connectivity index (χ1v) is 9.85. The van der Waals surface area contributed by atoms with Crippen molar-refractivity contribution in [2.45, 2.75) is 24.8 Å². The third kappa shape index (κ3) is 5.12. The van der Waals surface area contributed by atoms with Crippen molar-refractivity contribution >= 4 is 33.2 Å². The van der Waals surface area contributed by atoms with Gasteiger partial charge in [0.25, 0.3) is 0 Å². The first-order valence-electron chi connectivity index (χ1n) is 7.99. The lowest BCUT2D eigenvalue weighted by Crippen LogP contribution is -2.41. The Hall–Kier alpha value is -2.29. The van der Waals surface area contributed by atoms with Gasteiger partial charge in [0.05, 0.1) is 25.2 Å². The Bertz CT molecular complexity index is 947. The number of anilines is 1. The molecule has 0 heterocycles. The number of carbonyl (C=O) groups is 1. The minimum atomic E-state index is -3.95. The van der Waals surface area contributed by atoms with E-state index in [1.807, 2.05) is 6.92 Å². The second kappa shape index (κ2) is 8.60. The Morgan fingerprint density at radius 2 is 1.74 bits per heavy atom. The van der Waals surface area contributed by atoms with Gasteiger partial charge in [-0.15, -0.1) is 0 Å². The molecule has 0 radical (unpaired) electrons. The lowest BCUT2D eigenvalue weighted by atomic mass is 10.2. The number of carbonyl (C=O) groups excluding carboxylic acids is 1. The predicted octanol–water partition coefficient (Wildman–Crippen LogP) is 2.97. The first-order chi connectivity index (χ1) is 12.7. The highest BCUT2D eigenvalue weighted by Crippen LogP contribution is 2.29. The molecule has 0 saturated carbocycles. The van der Waals surface area contributed by atoms with E-state index < -0.39 is 22.0 Å². The molecule has 0 aliphatic carbocycles. The summed E-state index contributed by atoms with van der Waals surface area (Å²) in [4.78, 5) is 12.3. The number of hydrogen-bond donors (Lipinski definition) is 2. The van der Waals surface area contributed by atoms with Crippen LogP contribution in [0.1, 0.15) is 12.5 Å². The molecule has 1 amide bonds. The number of hydrogen-bond acceptors (Lipinski definition) is 5. The van der Waals surface area contributed by atoms with Gasteiger partial charge < -0.3 is 14.8 Å². The molecule has 0 bridgehead atoms. The summed E-state index contributed by atoms with van der Waals surface area (Å²) < 4.78 is 37.7. The van der Waals surface area contributed by atoms with Crippen molar-refractivity contribution in [1.82, 2.24) is 4.72 Å². The lowest BCUT2D eigenvalue weighted by molar-refractivity contribution is -0.117. The second-order valence-corrected chi connectivity index (χ2v) is 7.96. The minimum absolute atomic E-state index is 0.0428. The molecule has 2 aromatic rings. The third-order valence-corrected chi connectivity index (χ3v) is 5.62. The summed E-state index contributed by atoms with van der Waals surface area (Å²) in [6.07, 6.45) is 0. The van der Waals surface area contributed by atoms with Crippen LogP contribution in [0, 0.1) is 6.92 Å². The predicted molar refractivity (Wildman–Crippen MR) is 104 cm³/mol. The van der Waals surface area contributed by atoms with Crippen molar-refractivity contribution in [1.29, 1.82) is 0 Å². The summed E-state index contributed by atoms with van der Waals surface area (Å²) in [6.45, 7) is 3.26. The van der Waals surface area contributed by atoms with Crippen LogP contribution in [0.4, 0.5) is 5.69 Å². The monoisotopic (exact) mass is 412 g/mol. The van der Waals surface area contributed by atoms with Crippen LogP contribution in [0.25, 0.3) is 0 Å². The number of ether oxygens (including phenoxy) is 2. The fourth-order valence-corrected chi connectivity index (χ4v) is 3.70. The zero-order chi connectivity index (χ0) is 20.2. The number of aryl methyl sites for hydroxylation is 1. The van der Waals surface area contributed by atoms with E-state index in [9.17, 15) is 13.2 Å². The van der Waals surface area contributed by atoms with Crippen LogP contribution in [0.2, 0.25) is 5.02 Å². The van der Waals surface area contributed by atoms with Crippen LogP contribution in [-0.2, 0) is 14.8 Å². The van der Waals surface area contributed by atoms with Gasteiger partial charge in [-0.2, -0.15) is 4.72 Å². The van der Waals surface area contributed by atoms with Gasteiger partial charge in [0.15, 0.2) is 11.5 Å². The third-order valence-electron chi connectivity index (χ3n) is 3.85. The molecule has 9 heteroatoms. The van der Waals surface area contributed by atoms with Crippen molar-refractivity contribution < 1.29 is 22.7 Å². The van der Waals surface area contributed by atoms with E-state index in [1.54, 1.807) is 18.2 Å². The molecule has 2 aromatic carbocycles. The number of halogens is 1. The van der Waals surface area contributed by atoms with Gasteiger partial charge in [0.1, 0.15) is 0 Å². The maximum atomic E-state index is 12.6. The van der Waals surface area contributed by atoms with Crippen LogP contribution in [0.15, 0.2) is 41.3 Å². The van der Waals surface area contributed by atoms with Gasteiger partial charge in [-0.05, 0) is 43.7 Å². The number of benzene rings is 2. The molecule has 0 aliphatic heterocycles. The molecule has 0 fully saturated rings. The second-order valence-electron chi connectivity index (χ2n) is 5.81. The van der Waals surface area contributed by atoms with E-state index >= 15 is 0 Å². The molecule has 2 N–H and O–H groups in total. The molecular formula is C18H21ClN2O5S. The summed E-state index contributed by atoms with van der Waals surface area (Å²) in [5, 5.41) is 3.14. The first kappa shape index (κ1) is 21.0. The van der Waals surface area contributed by atoms with Gasteiger partial charge in [0.2, 0.25) is 15.9 Å². The highest BCUT2D eigenvalue weighted by atomic mass is 35.5. The molecule has 0 spiro atoms. The van der Waals surface area contributed by atoms with E-state index in [0.29, 0.717) is 16.5 Å². The molecule has 0 aliphatic rings. The quantitative estimate of drug-likeness (QED) is 0.729. The molecule has 1 atom stereocenters. The highest BCUT2D eigenvalue weighted by Gasteiger charge is 2.23. The normalized spacial score (nSPS) is 12.3. The average molecular weight is 413 g/mol. The molecule has 1 unspecified atom stereocenters. The molecule has 2 rings (SSSR count). The topological polar surface area (TPSA) is 93.7 Å². The van der Waals surface area contributed by atoms with Crippen LogP contribution in [-0.4, -0.2) is 34.6 Å². The van der Waals surface area contributed by atoms with E-state index in [0.717, 1.165) is 5.56 Å². The van der Waals surface area contributed by atoms with Crippen molar-refractivity contribution in [2.24, 2.45) is 0 Å². The van der Waals surface area contributed by atoms with Gasteiger partial charge in [0, 0.05) is 16.8 Å². The standard InChI is InChI=1S/C18H21ClN2O5S/c1-11-5-6-13(19)9-15(11)20-18(22)12(2)21-27(23,24)14-7-8-16(25-3)17(10-14)26-4/h5-10,12,21H,1-4H3,(H,20,22). The maximum absolute atomic E-state index is 12.6. The van der Waals surface area contributed by atoms with Gasteiger partial charge >= 0.3 is 0 Å². The summed E-state index contributed by atoms with van der Waals surface area (Å²) >= 11 is 5.93. The molecule has 0 aromatic heterocycles. The van der Waals surface area contributed by atoms with Gasteiger partial charge in [-0.25, -0.2) is 8.42 Å². The zero-order valence-electron chi connectivity index (χ0n) is 15.4. The summed E-state index contributed by atoms with van der Waals surface area (Å²) in [6, 6.07) is 8.23. The lowest BCUT2D eigenvalue weighted by Gasteiger charge is -2.16. The van der Waals surface area contributed by atoms with Crippen molar-refractivity contribution in [2.75, 3.05) is 19.5 Å². The molecule has 0 saturated heterocycles. The smallest absolute Gasteiger partial charge is 0.242 e. The maximum Gasteiger partial charge on any atom is 0.242 e. The van der Waals surface area contributed by atoms with Crippen molar-refractivity contribution in [3.8, 4) is 11.5 Å². The van der Waals surface area contributed by atoms with E-state index in [-0.39, 0.29) is 10.6 Å². The average Bonchev–Trinajstić information content (AvgIpc) is 2.63. The summed E-state index contributed by atoms with van der Waals surface area (Å²) in [7, 11) is -1.08. The Balaban J connectivity index is 2.17. The van der Waals surface area contributed by atoms with Crippen LogP contribution < -0.4 is 19.5 Å². The van der Waals surface area contributed by atoms with Crippen molar-refractivity contribution in [3.05, 3.63) is 47.0 Å². The number of sulfonamides is 1. The summed E-state index contributed by atoms with van der Waals surface area (Å²) in [5.41, 5.74) is 1.33. The van der Waals surface area contributed by atoms with E-state index in [4.69, 9.17) is 21.1 Å². The van der Waals surface area contributed by atoms with Crippen LogP contribution in [0.5, 0.6) is 11.5 Å². The SMILES string of the molecule is COc1ccc(S(=O)(=O)NC(C)C(=O)Nc2cc(Cl)ccc2C)cc1OC. The fourth-order valence-electron chi connectivity index (χ4n) is 2.31. The minimum Gasteiger partial charge on any atom is -0.493 e. The molecule has 7 nitrogen and oxygen atoms in total. The number of rotatable bonds is 7. The Kier molecular flexibility index (Phi) is 6.69. The van der Waals surface area contributed by atoms with Crippen LogP contribution in [0.3, 0.4) is 0 Å². The number of methoxy groups -OCH3 is 2. The number of nitrogens with one attached hydrogen (secondary N) is 2. The molecule has 27 heavy (non-hydrogen) atoms. The van der Waals surface area contributed by atoms with E-state index in [2.05, 4.69) is 10.0 Å². The summed E-state index contributed by atoms with van der Waals surface area (Å²) in [5.74, 6) is 0.162. The largest absolute Gasteiger partial charge is 0.493 e. The molecule has 146 valence electrons. The van der Waals surface area contributed by atoms with Crippen molar-refractivity contribution in [3.63, 3.8) is 0 Å². The van der Waals surface area contributed by atoms with Crippen LogP contribution >= 0.6 is 11.6 Å². The van der Waals surface area contributed by atoms with Gasteiger partial charge in [-0.1, -0.05) is 17.7 Å². The zero-order valence-corrected chi connectivity index (χ0v) is 16.9. The Labute approximate surface area is 163 Å². The van der Waals surface area contributed by atoms with Gasteiger partial charge in [-0.3, -0.25) is 4.79 Å².